The van der Waals surface area contributed by atoms with Gasteiger partial charge in [0.15, 0.2) is 11.5 Å². The first-order chi connectivity index (χ1) is 15.1. The predicted octanol–water partition coefficient (Wildman–Crippen LogP) is 3.38. The molecule has 1 aromatic rings. The van der Waals surface area contributed by atoms with Crippen molar-refractivity contribution < 1.29 is 27.2 Å². The highest BCUT2D eigenvalue weighted by atomic mass is 35.5. The molecular weight excluding hydrogens is 454 g/mol. The van der Waals surface area contributed by atoms with Crippen molar-refractivity contribution in [2.45, 2.75) is 51.2 Å². The number of hydrogen-bond donors (Lipinski definition) is 1. The zero-order valence-electron chi connectivity index (χ0n) is 19.5. The highest BCUT2D eigenvalue weighted by Crippen LogP contribution is 2.47. The molecule has 1 N–H and O–H groups in total. The summed E-state index contributed by atoms with van der Waals surface area (Å²) in [7, 11) is -1.84. The zero-order chi connectivity index (χ0) is 23.5. The Morgan fingerprint density at radius 2 is 2.03 bits per heavy atom. The molecule has 3 atom stereocenters. The quantitative estimate of drug-likeness (QED) is 0.306. The van der Waals surface area contributed by atoms with Gasteiger partial charge in [-0.15, -0.1) is 11.6 Å². The first-order valence-electron chi connectivity index (χ1n) is 11.3. The number of piperidine rings is 1. The van der Waals surface area contributed by atoms with Crippen LogP contribution in [0.3, 0.4) is 0 Å². The SMILES string of the molecule is COc1cc2c(cc1OCCCOS(C)(=O)=O)CCN1C[C@@H](CC(C)C)C(O)(CCl)C[C@H]21. The summed E-state index contributed by atoms with van der Waals surface area (Å²) in [6, 6.07) is 4.13. The van der Waals surface area contributed by atoms with Crippen molar-refractivity contribution >= 4 is 21.7 Å². The Morgan fingerprint density at radius 3 is 2.66 bits per heavy atom. The number of benzene rings is 1. The van der Waals surface area contributed by atoms with Crippen molar-refractivity contribution in [3.8, 4) is 11.5 Å². The van der Waals surface area contributed by atoms with Crippen molar-refractivity contribution in [2.75, 3.05) is 45.5 Å². The topological polar surface area (TPSA) is 85.3 Å². The maximum absolute atomic E-state index is 11.4. The van der Waals surface area contributed by atoms with Gasteiger partial charge in [-0.05, 0) is 48.4 Å². The average molecular weight is 490 g/mol. The maximum Gasteiger partial charge on any atom is 0.264 e. The molecule has 0 aromatic heterocycles. The van der Waals surface area contributed by atoms with E-state index in [0.29, 0.717) is 36.9 Å². The lowest BCUT2D eigenvalue weighted by molar-refractivity contribution is -0.0886. The Balaban J connectivity index is 1.75. The Morgan fingerprint density at radius 1 is 1.28 bits per heavy atom. The minimum Gasteiger partial charge on any atom is -0.493 e. The standard InChI is InChI=1S/C23H36ClNO6S/c1-16(2)10-18-14-25-7-6-17-11-22(30-8-5-9-31-32(4,27)28)21(29-3)12-19(17)20(25)13-23(18,26)15-24/h11-12,16,18,20,26H,5-10,13-15H2,1-4H3/t18-,20-,23?/m1/s1. The number of rotatable bonds is 10. The molecule has 0 spiro atoms. The van der Waals surface area contributed by atoms with E-state index < -0.39 is 15.7 Å². The molecule has 182 valence electrons. The lowest BCUT2D eigenvalue weighted by atomic mass is 9.72. The molecule has 1 fully saturated rings. The van der Waals surface area contributed by atoms with Crippen molar-refractivity contribution in [1.29, 1.82) is 0 Å². The van der Waals surface area contributed by atoms with Gasteiger partial charge in [0, 0.05) is 31.5 Å². The molecule has 2 aliphatic heterocycles. The van der Waals surface area contributed by atoms with E-state index in [9.17, 15) is 13.5 Å². The van der Waals surface area contributed by atoms with E-state index in [0.717, 1.165) is 37.8 Å². The van der Waals surface area contributed by atoms with E-state index in [1.807, 2.05) is 12.1 Å². The van der Waals surface area contributed by atoms with Crippen LogP contribution in [0.25, 0.3) is 0 Å². The van der Waals surface area contributed by atoms with Gasteiger partial charge in [0.1, 0.15) is 0 Å². The van der Waals surface area contributed by atoms with E-state index >= 15 is 0 Å². The monoisotopic (exact) mass is 489 g/mol. The normalized spacial score (nSPS) is 26.0. The molecule has 2 heterocycles. The van der Waals surface area contributed by atoms with Crippen LogP contribution >= 0.6 is 11.6 Å². The van der Waals surface area contributed by atoms with Gasteiger partial charge in [0.2, 0.25) is 0 Å². The highest BCUT2D eigenvalue weighted by Gasteiger charge is 2.47. The number of aliphatic hydroxyl groups is 1. The smallest absolute Gasteiger partial charge is 0.264 e. The zero-order valence-corrected chi connectivity index (χ0v) is 21.0. The second-order valence-electron chi connectivity index (χ2n) is 9.46. The molecule has 1 saturated heterocycles. The molecule has 1 unspecified atom stereocenters. The van der Waals surface area contributed by atoms with Gasteiger partial charge in [-0.3, -0.25) is 9.08 Å². The van der Waals surface area contributed by atoms with Gasteiger partial charge in [-0.25, -0.2) is 0 Å². The fourth-order valence-corrected chi connectivity index (χ4v) is 5.67. The summed E-state index contributed by atoms with van der Waals surface area (Å²) in [5.74, 6) is 2.17. The number of ether oxygens (including phenoxy) is 2. The number of alkyl halides is 1. The predicted molar refractivity (Wildman–Crippen MR) is 125 cm³/mol. The van der Waals surface area contributed by atoms with Crippen molar-refractivity contribution in [2.24, 2.45) is 11.8 Å². The van der Waals surface area contributed by atoms with Crippen molar-refractivity contribution in [3.05, 3.63) is 23.3 Å². The van der Waals surface area contributed by atoms with Gasteiger partial charge in [-0.1, -0.05) is 13.8 Å². The minimum absolute atomic E-state index is 0.0810. The maximum atomic E-state index is 11.4. The molecule has 2 aliphatic rings. The number of hydrogen-bond acceptors (Lipinski definition) is 7. The van der Waals surface area contributed by atoms with Gasteiger partial charge >= 0.3 is 0 Å². The van der Waals surface area contributed by atoms with E-state index in [2.05, 4.69) is 18.7 Å². The molecule has 7 nitrogen and oxygen atoms in total. The third kappa shape index (κ3) is 6.08. The summed E-state index contributed by atoms with van der Waals surface area (Å²) in [6.45, 7) is 6.55. The first-order valence-corrected chi connectivity index (χ1v) is 13.6. The van der Waals surface area contributed by atoms with Crippen molar-refractivity contribution in [1.82, 2.24) is 4.90 Å². The van der Waals surface area contributed by atoms with E-state index in [-0.39, 0.29) is 24.4 Å². The first kappa shape index (κ1) is 25.6. The van der Waals surface area contributed by atoms with Crippen LogP contribution in [0.1, 0.15) is 50.3 Å². The minimum atomic E-state index is -3.44. The molecule has 0 bridgehead atoms. The van der Waals surface area contributed by atoms with Crippen molar-refractivity contribution in [3.63, 3.8) is 0 Å². The van der Waals surface area contributed by atoms with Gasteiger partial charge < -0.3 is 14.6 Å². The summed E-state index contributed by atoms with van der Waals surface area (Å²) in [5, 5.41) is 11.4. The van der Waals surface area contributed by atoms with E-state index in [1.54, 1.807) is 7.11 Å². The lowest BCUT2D eigenvalue weighted by Crippen LogP contribution is -2.56. The summed E-state index contributed by atoms with van der Waals surface area (Å²) >= 11 is 6.29. The molecule has 9 heteroatoms. The summed E-state index contributed by atoms with van der Waals surface area (Å²) in [6.07, 6.45) is 3.94. The van der Waals surface area contributed by atoms with Crippen LogP contribution in [0, 0.1) is 11.8 Å². The van der Waals surface area contributed by atoms with Gasteiger partial charge in [0.05, 0.1) is 38.1 Å². The fourth-order valence-electron chi connectivity index (χ4n) is 4.92. The largest absolute Gasteiger partial charge is 0.493 e. The summed E-state index contributed by atoms with van der Waals surface area (Å²) < 4.78 is 38.4. The molecule has 0 radical (unpaired) electrons. The van der Waals surface area contributed by atoms with Gasteiger partial charge in [0.25, 0.3) is 10.1 Å². The van der Waals surface area contributed by atoms with Crippen LogP contribution < -0.4 is 9.47 Å². The Kier molecular flexibility index (Phi) is 8.36. The lowest BCUT2D eigenvalue weighted by Gasteiger charge is -2.51. The van der Waals surface area contributed by atoms with E-state index in [1.165, 1.54) is 5.56 Å². The van der Waals surface area contributed by atoms with E-state index in [4.69, 9.17) is 25.3 Å². The highest BCUT2D eigenvalue weighted by molar-refractivity contribution is 7.85. The fraction of sp³-hybridized carbons (Fsp3) is 0.739. The Hall–Kier alpha value is -1.06. The molecule has 0 aliphatic carbocycles. The third-order valence-electron chi connectivity index (χ3n) is 6.49. The van der Waals surface area contributed by atoms with Gasteiger partial charge in [-0.2, -0.15) is 8.42 Å². The number of halogens is 1. The molecule has 0 amide bonds. The average Bonchev–Trinajstić information content (AvgIpc) is 2.72. The second kappa shape index (κ2) is 10.5. The Labute approximate surface area is 197 Å². The van der Waals surface area contributed by atoms with Crippen LogP contribution in [0.15, 0.2) is 12.1 Å². The number of methoxy groups -OCH3 is 1. The summed E-state index contributed by atoms with van der Waals surface area (Å²) in [4.78, 5) is 2.47. The van der Waals surface area contributed by atoms with Crippen LogP contribution in [0.5, 0.6) is 11.5 Å². The molecule has 32 heavy (non-hydrogen) atoms. The third-order valence-corrected chi connectivity index (χ3v) is 7.54. The molecule has 1 aromatic carbocycles. The summed E-state index contributed by atoms with van der Waals surface area (Å²) in [5.41, 5.74) is 1.46. The van der Waals surface area contributed by atoms with Crippen LogP contribution in [-0.4, -0.2) is 69.6 Å². The molecule has 0 saturated carbocycles. The molecular formula is C23H36ClNO6S. The second-order valence-corrected chi connectivity index (χ2v) is 11.4. The molecule has 3 rings (SSSR count). The van der Waals surface area contributed by atoms with Crippen LogP contribution in [-0.2, 0) is 20.7 Å². The van der Waals surface area contributed by atoms with Crippen LogP contribution in [0.4, 0.5) is 0 Å². The number of nitrogens with zero attached hydrogens (tertiary/aromatic N) is 1. The number of fused-ring (bicyclic) bond motifs is 3. The van der Waals surface area contributed by atoms with Crippen LogP contribution in [0.2, 0.25) is 0 Å². The Bertz CT molecular complexity index is 893.